The average molecular weight is 422 g/mol. The second-order valence-corrected chi connectivity index (χ2v) is 9.84. The molecular weight excluding hydrogens is 394 g/mol. The minimum atomic E-state index is -3.57. The van der Waals surface area contributed by atoms with E-state index in [1.807, 2.05) is 0 Å². The van der Waals surface area contributed by atoms with Gasteiger partial charge in [0, 0.05) is 17.8 Å². The van der Waals surface area contributed by atoms with E-state index in [4.69, 9.17) is 0 Å². The van der Waals surface area contributed by atoms with Gasteiger partial charge in [-0.15, -0.1) is 11.3 Å². The fraction of sp³-hybridized carbons (Fsp3) is 0.450. The number of sulfonamides is 1. The number of likely N-dealkylation sites (tertiary alicyclic amines) is 1. The molecule has 0 aliphatic carbocycles. The molecule has 1 fully saturated rings. The highest BCUT2D eigenvalue weighted by Crippen LogP contribution is 2.20. The van der Waals surface area contributed by atoms with Crippen LogP contribution in [0.5, 0.6) is 0 Å². The number of nitrogens with zero attached hydrogens (tertiary/aromatic N) is 1. The molecule has 1 aliphatic heterocycles. The molecule has 0 saturated carbocycles. The lowest BCUT2D eigenvalue weighted by Crippen LogP contribution is -2.30. The number of rotatable bonds is 8. The normalized spacial score (nSPS) is 15.7. The van der Waals surface area contributed by atoms with Crippen LogP contribution in [0.15, 0.2) is 46.0 Å². The Bertz CT molecular complexity index is 841. The van der Waals surface area contributed by atoms with Gasteiger partial charge in [-0.2, -0.15) is 0 Å². The number of amides is 1. The quantitative estimate of drug-likeness (QED) is 0.639. The van der Waals surface area contributed by atoms with Crippen molar-refractivity contribution < 1.29 is 13.2 Å². The summed E-state index contributed by atoms with van der Waals surface area (Å²) in [6.07, 6.45) is 6.13. The van der Waals surface area contributed by atoms with Crippen molar-refractivity contribution in [3.05, 3.63) is 47.3 Å². The highest BCUT2D eigenvalue weighted by atomic mass is 32.2. The first-order chi connectivity index (χ1) is 13.5. The summed E-state index contributed by atoms with van der Waals surface area (Å²) in [4.78, 5) is 14.8. The average Bonchev–Trinajstić information content (AvgIpc) is 3.12. The molecule has 0 bridgehead atoms. The fourth-order valence-corrected chi connectivity index (χ4v) is 5.33. The summed E-state index contributed by atoms with van der Waals surface area (Å²) in [5.41, 5.74) is 0.958. The van der Waals surface area contributed by atoms with Gasteiger partial charge in [-0.25, -0.2) is 8.42 Å². The summed E-state index contributed by atoms with van der Waals surface area (Å²) in [5.74, 6) is -0.136. The molecule has 6 nitrogen and oxygen atoms in total. The molecule has 1 aromatic carbocycles. The van der Waals surface area contributed by atoms with Crippen LogP contribution in [-0.2, 0) is 10.0 Å². The zero-order valence-corrected chi connectivity index (χ0v) is 17.5. The van der Waals surface area contributed by atoms with Crippen LogP contribution in [0.1, 0.15) is 42.5 Å². The molecule has 0 radical (unpaired) electrons. The first kappa shape index (κ1) is 20.8. The van der Waals surface area contributed by atoms with E-state index in [0.717, 1.165) is 37.4 Å². The maximum Gasteiger partial charge on any atom is 0.271 e. The lowest BCUT2D eigenvalue weighted by molar-refractivity contribution is 0.0951. The molecule has 2 aromatic rings. The monoisotopic (exact) mass is 421 g/mol. The van der Waals surface area contributed by atoms with E-state index in [2.05, 4.69) is 14.9 Å². The van der Waals surface area contributed by atoms with E-state index in [-0.39, 0.29) is 10.1 Å². The summed E-state index contributed by atoms with van der Waals surface area (Å²) in [6.45, 7) is 3.99. The van der Waals surface area contributed by atoms with Crippen molar-refractivity contribution in [3.63, 3.8) is 0 Å². The third-order valence-electron chi connectivity index (χ3n) is 4.79. The molecule has 1 amide bonds. The van der Waals surface area contributed by atoms with E-state index in [1.54, 1.807) is 41.8 Å². The molecule has 2 heterocycles. The number of carbonyl (C=O) groups excluding carboxylic acids is 1. The zero-order chi connectivity index (χ0) is 19.8. The summed E-state index contributed by atoms with van der Waals surface area (Å²) < 4.78 is 27.2. The Morgan fingerprint density at radius 3 is 2.39 bits per heavy atom. The van der Waals surface area contributed by atoms with E-state index in [0.29, 0.717) is 17.8 Å². The molecule has 1 aliphatic rings. The molecule has 2 N–H and O–H groups in total. The molecule has 152 valence electrons. The number of hydrogen-bond donors (Lipinski definition) is 2. The first-order valence-electron chi connectivity index (χ1n) is 9.71. The molecule has 3 rings (SSSR count). The van der Waals surface area contributed by atoms with Gasteiger partial charge in [-0.3, -0.25) is 9.52 Å². The van der Waals surface area contributed by atoms with Gasteiger partial charge in [-0.05, 0) is 74.6 Å². The van der Waals surface area contributed by atoms with Crippen molar-refractivity contribution in [1.29, 1.82) is 0 Å². The van der Waals surface area contributed by atoms with Crippen molar-refractivity contribution in [2.75, 3.05) is 30.9 Å². The molecule has 0 unspecified atom stereocenters. The lowest BCUT2D eigenvalue weighted by Gasteiger charge is -2.19. The molecule has 8 heteroatoms. The van der Waals surface area contributed by atoms with Crippen LogP contribution >= 0.6 is 11.3 Å². The third kappa shape index (κ3) is 6.05. The maximum atomic E-state index is 12.3. The van der Waals surface area contributed by atoms with E-state index in [1.165, 1.54) is 25.7 Å². The molecule has 0 spiro atoms. The van der Waals surface area contributed by atoms with Gasteiger partial charge in [-0.1, -0.05) is 18.9 Å². The fourth-order valence-electron chi connectivity index (χ4n) is 3.28. The third-order valence-corrected chi connectivity index (χ3v) is 7.57. The number of benzene rings is 1. The van der Waals surface area contributed by atoms with Gasteiger partial charge < -0.3 is 10.2 Å². The standard InChI is InChI=1S/C20H27N3O3S2/c24-20(21-12-6-15-23-13-3-1-2-4-14-23)17-8-10-18(11-9-17)22-28(25,26)19-7-5-16-27-19/h5,7-11,16,22H,1-4,6,12-15H2,(H,21,24). The van der Waals surface area contributed by atoms with Crippen molar-refractivity contribution in [3.8, 4) is 0 Å². The lowest BCUT2D eigenvalue weighted by atomic mass is 10.2. The Hall–Kier alpha value is -1.90. The highest BCUT2D eigenvalue weighted by Gasteiger charge is 2.15. The van der Waals surface area contributed by atoms with Crippen molar-refractivity contribution in [2.24, 2.45) is 0 Å². The highest BCUT2D eigenvalue weighted by molar-refractivity contribution is 7.94. The summed E-state index contributed by atoms with van der Waals surface area (Å²) in [5, 5.41) is 4.66. The van der Waals surface area contributed by atoms with Crippen LogP contribution in [0.2, 0.25) is 0 Å². The second-order valence-electron chi connectivity index (χ2n) is 6.98. The molecule has 0 atom stereocenters. The van der Waals surface area contributed by atoms with Gasteiger partial charge in [0.2, 0.25) is 0 Å². The molecular formula is C20H27N3O3S2. The number of carbonyl (C=O) groups is 1. The molecule has 28 heavy (non-hydrogen) atoms. The topological polar surface area (TPSA) is 78.5 Å². The van der Waals surface area contributed by atoms with Crippen LogP contribution in [0.3, 0.4) is 0 Å². The zero-order valence-electron chi connectivity index (χ0n) is 15.9. The predicted octanol–water partition coefficient (Wildman–Crippen LogP) is 3.54. The van der Waals surface area contributed by atoms with Crippen molar-refractivity contribution in [1.82, 2.24) is 10.2 Å². The van der Waals surface area contributed by atoms with Gasteiger partial charge in [0.1, 0.15) is 4.21 Å². The second kappa shape index (κ2) is 10.0. The Balaban J connectivity index is 1.44. The summed E-state index contributed by atoms with van der Waals surface area (Å²) in [7, 11) is -3.57. The van der Waals surface area contributed by atoms with Crippen molar-refractivity contribution >= 4 is 33.0 Å². The SMILES string of the molecule is O=C(NCCCN1CCCCCC1)c1ccc(NS(=O)(=O)c2cccs2)cc1. The number of anilines is 1. The Morgan fingerprint density at radius 1 is 1.04 bits per heavy atom. The first-order valence-corrected chi connectivity index (χ1v) is 12.1. The Kier molecular flexibility index (Phi) is 7.47. The van der Waals surface area contributed by atoms with Gasteiger partial charge in [0.05, 0.1) is 0 Å². The van der Waals surface area contributed by atoms with Crippen LogP contribution in [0.25, 0.3) is 0 Å². The Morgan fingerprint density at radius 2 is 1.75 bits per heavy atom. The Labute approximate surface area is 171 Å². The number of hydrogen-bond acceptors (Lipinski definition) is 5. The smallest absolute Gasteiger partial charge is 0.271 e. The van der Waals surface area contributed by atoms with Crippen LogP contribution in [0, 0.1) is 0 Å². The van der Waals surface area contributed by atoms with E-state index < -0.39 is 10.0 Å². The molecule has 1 saturated heterocycles. The van der Waals surface area contributed by atoms with Gasteiger partial charge in [0.25, 0.3) is 15.9 Å². The summed E-state index contributed by atoms with van der Waals surface area (Å²) >= 11 is 1.16. The summed E-state index contributed by atoms with van der Waals surface area (Å²) in [6, 6.07) is 9.74. The number of nitrogens with one attached hydrogen (secondary N) is 2. The predicted molar refractivity (Wildman–Crippen MR) is 113 cm³/mol. The maximum absolute atomic E-state index is 12.3. The van der Waals surface area contributed by atoms with Gasteiger partial charge >= 0.3 is 0 Å². The van der Waals surface area contributed by atoms with E-state index in [9.17, 15) is 13.2 Å². The van der Waals surface area contributed by atoms with E-state index >= 15 is 0 Å². The number of thiophene rings is 1. The van der Waals surface area contributed by atoms with Crippen LogP contribution in [-0.4, -0.2) is 45.4 Å². The minimum Gasteiger partial charge on any atom is -0.352 e. The van der Waals surface area contributed by atoms with Crippen LogP contribution < -0.4 is 10.0 Å². The largest absolute Gasteiger partial charge is 0.352 e. The minimum absolute atomic E-state index is 0.136. The molecule has 1 aromatic heterocycles. The van der Waals surface area contributed by atoms with Crippen LogP contribution in [0.4, 0.5) is 5.69 Å². The van der Waals surface area contributed by atoms with Gasteiger partial charge in [0.15, 0.2) is 0 Å². The van der Waals surface area contributed by atoms with Crippen molar-refractivity contribution in [2.45, 2.75) is 36.3 Å².